The van der Waals surface area contributed by atoms with Gasteiger partial charge in [-0.1, -0.05) is 11.3 Å². The zero-order valence-electron chi connectivity index (χ0n) is 16.2. The summed E-state index contributed by atoms with van der Waals surface area (Å²) in [4.78, 5) is 29.6. The van der Waals surface area contributed by atoms with Crippen LogP contribution in [0.2, 0.25) is 0 Å². The lowest BCUT2D eigenvalue weighted by molar-refractivity contribution is 0.112. The van der Waals surface area contributed by atoms with E-state index in [4.69, 9.17) is 9.72 Å². The van der Waals surface area contributed by atoms with Gasteiger partial charge in [0.05, 0.1) is 35.8 Å². The molecule has 1 saturated heterocycles. The van der Waals surface area contributed by atoms with Crippen LogP contribution >= 0.6 is 11.3 Å². The molecule has 8 heteroatoms. The normalized spacial score (nSPS) is 17.3. The molecule has 0 atom stereocenters. The third-order valence-electron chi connectivity index (χ3n) is 5.66. The third kappa shape index (κ3) is 3.95. The lowest BCUT2D eigenvalue weighted by Crippen LogP contribution is -2.36. The van der Waals surface area contributed by atoms with Gasteiger partial charge in [0.15, 0.2) is 5.13 Å². The minimum Gasteiger partial charge on any atom is -0.375 e. The van der Waals surface area contributed by atoms with Crippen LogP contribution < -0.4 is 10.5 Å². The number of pyridine rings is 1. The first-order valence-electron chi connectivity index (χ1n) is 10.0. The highest BCUT2D eigenvalue weighted by Gasteiger charge is 2.24. The average Bonchev–Trinajstić information content (AvgIpc) is 3.20. The number of hydrogen-bond acceptors (Lipinski definition) is 7. The van der Waals surface area contributed by atoms with Gasteiger partial charge in [0.1, 0.15) is 0 Å². The van der Waals surface area contributed by atoms with Crippen molar-refractivity contribution in [2.45, 2.75) is 32.4 Å². The van der Waals surface area contributed by atoms with Crippen LogP contribution in [0.5, 0.6) is 0 Å². The summed E-state index contributed by atoms with van der Waals surface area (Å²) < 4.78 is 7.27. The van der Waals surface area contributed by atoms with Gasteiger partial charge in [-0.15, -0.1) is 0 Å². The summed E-state index contributed by atoms with van der Waals surface area (Å²) in [6.45, 7) is 4.16. The topological polar surface area (TPSA) is 73.1 Å². The molecule has 0 saturated carbocycles. The number of anilines is 1. The summed E-state index contributed by atoms with van der Waals surface area (Å²) in [5.41, 5.74) is 2.74. The molecule has 5 heterocycles. The molecule has 7 nitrogen and oxygen atoms in total. The van der Waals surface area contributed by atoms with Gasteiger partial charge in [0, 0.05) is 50.1 Å². The van der Waals surface area contributed by atoms with Gasteiger partial charge in [0.2, 0.25) is 0 Å². The van der Waals surface area contributed by atoms with E-state index >= 15 is 0 Å². The zero-order chi connectivity index (χ0) is 19.6. The van der Waals surface area contributed by atoms with Gasteiger partial charge >= 0.3 is 0 Å². The van der Waals surface area contributed by atoms with E-state index in [1.807, 2.05) is 12.1 Å². The summed E-state index contributed by atoms with van der Waals surface area (Å²) in [6, 6.07) is 5.37. The van der Waals surface area contributed by atoms with E-state index in [0.717, 1.165) is 56.2 Å². The second kappa shape index (κ2) is 8.04. The maximum Gasteiger partial charge on any atom is 0.253 e. The Hall–Kier alpha value is -2.58. The summed E-state index contributed by atoms with van der Waals surface area (Å²) in [5, 5.41) is 1.12. The van der Waals surface area contributed by atoms with E-state index < -0.39 is 0 Å². The number of aromatic nitrogens is 4. The fraction of sp³-hybridized carbons (Fsp3) is 0.429. The summed E-state index contributed by atoms with van der Waals surface area (Å²) >= 11 is 1.77. The molecule has 2 aliphatic rings. The second-order valence-corrected chi connectivity index (χ2v) is 8.67. The zero-order valence-corrected chi connectivity index (χ0v) is 17.0. The highest BCUT2D eigenvalue weighted by atomic mass is 32.1. The van der Waals surface area contributed by atoms with Crippen LogP contribution in [-0.4, -0.2) is 39.2 Å². The van der Waals surface area contributed by atoms with Crippen LogP contribution in [0.4, 0.5) is 5.13 Å². The van der Waals surface area contributed by atoms with Crippen LogP contribution in [-0.2, 0) is 24.3 Å². The van der Waals surface area contributed by atoms with Gasteiger partial charge in [-0.2, -0.15) is 0 Å². The van der Waals surface area contributed by atoms with E-state index in [9.17, 15) is 4.79 Å². The van der Waals surface area contributed by atoms with E-state index in [2.05, 4.69) is 14.9 Å². The molecule has 0 amide bonds. The van der Waals surface area contributed by atoms with Crippen molar-refractivity contribution in [2.75, 3.05) is 24.6 Å². The van der Waals surface area contributed by atoms with Crippen molar-refractivity contribution in [3.05, 3.63) is 57.8 Å². The quantitative estimate of drug-likeness (QED) is 0.660. The van der Waals surface area contributed by atoms with E-state index in [1.165, 1.54) is 10.6 Å². The predicted molar refractivity (Wildman–Crippen MR) is 112 cm³/mol. The number of fused-ring (bicyclic) bond motifs is 1. The molecule has 0 aliphatic carbocycles. The Morgan fingerprint density at radius 2 is 2.17 bits per heavy atom. The van der Waals surface area contributed by atoms with Crippen LogP contribution in [0, 0.1) is 5.92 Å². The molecule has 29 heavy (non-hydrogen) atoms. The Labute approximate surface area is 173 Å². The standard InChI is InChI=1S/C21H23N5O2S/c27-20-10-18(16-2-1-6-22-11-16)23-14-26(20)12-15-3-7-25(8-4-15)21-24-17-5-9-28-13-19(17)29-21/h1-2,6,10-11,14-15H,3-5,7-9,12-13H2. The van der Waals surface area contributed by atoms with Gasteiger partial charge < -0.3 is 9.64 Å². The van der Waals surface area contributed by atoms with E-state index in [0.29, 0.717) is 18.2 Å². The molecule has 3 aromatic rings. The number of ether oxygens (including phenoxy) is 1. The molecule has 0 aromatic carbocycles. The fourth-order valence-corrected chi connectivity index (χ4v) is 5.06. The number of thiazole rings is 1. The lowest BCUT2D eigenvalue weighted by atomic mass is 9.97. The van der Waals surface area contributed by atoms with Crippen molar-refractivity contribution < 1.29 is 4.74 Å². The maximum atomic E-state index is 12.6. The Kier molecular flexibility index (Phi) is 5.12. The Morgan fingerprint density at radius 3 is 2.93 bits per heavy atom. The number of piperidine rings is 1. The molecule has 3 aromatic heterocycles. The Morgan fingerprint density at radius 1 is 1.28 bits per heavy atom. The van der Waals surface area contributed by atoms with E-state index in [-0.39, 0.29) is 5.56 Å². The Balaban J connectivity index is 1.22. The van der Waals surface area contributed by atoms with Crippen molar-refractivity contribution in [3.63, 3.8) is 0 Å². The number of nitrogens with zero attached hydrogens (tertiary/aromatic N) is 5. The molecule has 5 rings (SSSR count). The minimum atomic E-state index is -0.00567. The van der Waals surface area contributed by atoms with Gasteiger partial charge in [-0.3, -0.25) is 14.3 Å². The second-order valence-electron chi connectivity index (χ2n) is 7.61. The van der Waals surface area contributed by atoms with Crippen molar-refractivity contribution >= 4 is 16.5 Å². The summed E-state index contributed by atoms with van der Waals surface area (Å²) in [7, 11) is 0. The minimum absolute atomic E-state index is 0.00567. The van der Waals surface area contributed by atoms with Gasteiger partial charge in [-0.25, -0.2) is 9.97 Å². The molecule has 0 bridgehead atoms. The molecule has 0 spiro atoms. The first-order chi connectivity index (χ1) is 14.3. The molecule has 0 unspecified atom stereocenters. The van der Waals surface area contributed by atoms with Crippen LogP contribution in [0.25, 0.3) is 11.3 Å². The smallest absolute Gasteiger partial charge is 0.253 e. The van der Waals surface area contributed by atoms with Crippen LogP contribution in [0.1, 0.15) is 23.4 Å². The highest BCUT2D eigenvalue weighted by molar-refractivity contribution is 7.15. The first-order valence-corrected chi connectivity index (χ1v) is 10.9. The van der Waals surface area contributed by atoms with Crippen molar-refractivity contribution in [1.82, 2.24) is 19.5 Å². The summed E-state index contributed by atoms with van der Waals surface area (Å²) in [6.07, 6.45) is 8.14. The lowest BCUT2D eigenvalue weighted by Gasteiger charge is -2.31. The molecule has 150 valence electrons. The summed E-state index contributed by atoms with van der Waals surface area (Å²) in [5.74, 6) is 0.480. The molecule has 0 N–H and O–H groups in total. The fourth-order valence-electron chi connectivity index (χ4n) is 3.97. The molecular weight excluding hydrogens is 386 g/mol. The maximum absolute atomic E-state index is 12.6. The molecule has 1 fully saturated rings. The number of hydrogen-bond donors (Lipinski definition) is 0. The SMILES string of the molecule is O=c1cc(-c2cccnc2)ncn1CC1CCN(c2nc3c(s2)COCC3)CC1. The molecule has 0 radical (unpaired) electrons. The highest BCUT2D eigenvalue weighted by Crippen LogP contribution is 2.32. The van der Waals surface area contributed by atoms with Crippen molar-refractivity contribution in [3.8, 4) is 11.3 Å². The van der Waals surface area contributed by atoms with Crippen LogP contribution in [0.15, 0.2) is 41.7 Å². The van der Waals surface area contributed by atoms with Gasteiger partial charge in [0.25, 0.3) is 5.56 Å². The monoisotopic (exact) mass is 409 g/mol. The predicted octanol–water partition coefficient (Wildman–Crippen LogP) is 2.75. The molecular formula is C21H23N5O2S. The number of rotatable bonds is 4. The van der Waals surface area contributed by atoms with Crippen molar-refractivity contribution in [1.29, 1.82) is 0 Å². The van der Waals surface area contributed by atoms with E-state index in [1.54, 1.807) is 40.7 Å². The first kappa shape index (κ1) is 18.4. The Bertz CT molecular complexity index is 1020. The van der Waals surface area contributed by atoms with Gasteiger partial charge in [-0.05, 0) is 30.9 Å². The van der Waals surface area contributed by atoms with Crippen LogP contribution in [0.3, 0.4) is 0 Å². The third-order valence-corrected chi connectivity index (χ3v) is 6.79. The largest absolute Gasteiger partial charge is 0.375 e. The average molecular weight is 410 g/mol. The molecule has 2 aliphatic heterocycles. The van der Waals surface area contributed by atoms with Crippen molar-refractivity contribution in [2.24, 2.45) is 5.92 Å².